The Morgan fingerprint density at radius 2 is 1.42 bits per heavy atom. The molecule has 0 aliphatic rings. The minimum absolute atomic E-state index is 0.0210. The summed E-state index contributed by atoms with van der Waals surface area (Å²) in [5.41, 5.74) is 0.763. The van der Waals surface area contributed by atoms with Crippen molar-refractivity contribution in [1.29, 1.82) is 0 Å². The Morgan fingerprint density at radius 3 is 2.12 bits per heavy atom. The van der Waals surface area contributed by atoms with Gasteiger partial charge in [0.2, 0.25) is 0 Å². The van der Waals surface area contributed by atoms with Crippen molar-refractivity contribution in [2.24, 2.45) is 0 Å². The first-order valence-electron chi connectivity index (χ1n) is 9.48. The molecule has 1 amide bonds. The van der Waals surface area contributed by atoms with E-state index in [0.29, 0.717) is 5.75 Å². The fourth-order valence-corrected chi connectivity index (χ4v) is 2.57. The number of hydrogen-bond donors (Lipinski definition) is 1. The Morgan fingerprint density at radius 1 is 0.808 bits per heavy atom. The highest BCUT2D eigenvalue weighted by Crippen LogP contribution is 2.18. The van der Waals surface area contributed by atoms with Crippen molar-refractivity contribution in [1.82, 2.24) is 0 Å². The largest absolute Gasteiger partial charge is 0.494 e. The van der Waals surface area contributed by atoms with Gasteiger partial charge >= 0.3 is 0 Å². The van der Waals surface area contributed by atoms with Crippen LogP contribution in [0.25, 0.3) is 0 Å². The molecule has 4 heteroatoms. The lowest BCUT2D eigenvalue weighted by Gasteiger charge is -2.09. The normalized spacial score (nSPS) is 10.3. The van der Waals surface area contributed by atoms with Crippen molar-refractivity contribution in [3.8, 4) is 11.5 Å². The third-order valence-corrected chi connectivity index (χ3v) is 4.02. The van der Waals surface area contributed by atoms with Gasteiger partial charge in [0.25, 0.3) is 5.91 Å². The molecule has 0 atom stereocenters. The van der Waals surface area contributed by atoms with Gasteiger partial charge in [0.05, 0.1) is 6.61 Å². The average molecular weight is 355 g/mol. The van der Waals surface area contributed by atoms with Crippen LogP contribution in [0.5, 0.6) is 11.5 Å². The number of anilines is 1. The Bertz CT molecular complexity index is 626. The molecule has 0 heterocycles. The molecule has 0 aromatic heterocycles. The standard InChI is InChI=1S/C22H29NO3/c1-2-3-4-5-6-10-17-25-20-13-15-21(16-14-20)26-18-22(24)23-19-11-8-7-9-12-19/h7-9,11-16H,2-6,10,17-18H2,1H3,(H,23,24). The molecule has 0 radical (unpaired) electrons. The summed E-state index contributed by atoms with van der Waals surface area (Å²) in [6.45, 7) is 2.95. The van der Waals surface area contributed by atoms with Crippen molar-refractivity contribution in [2.45, 2.75) is 45.4 Å². The molecule has 2 aromatic rings. The summed E-state index contributed by atoms with van der Waals surface area (Å²) in [5, 5.41) is 2.79. The second kappa shape index (κ2) is 12.0. The van der Waals surface area contributed by atoms with Crippen molar-refractivity contribution < 1.29 is 14.3 Å². The molecule has 4 nitrogen and oxygen atoms in total. The van der Waals surface area contributed by atoms with Crippen LogP contribution in [0.4, 0.5) is 5.69 Å². The van der Waals surface area contributed by atoms with E-state index in [0.717, 1.165) is 24.5 Å². The number of rotatable bonds is 12. The van der Waals surface area contributed by atoms with Gasteiger partial charge in [-0.25, -0.2) is 0 Å². The Hall–Kier alpha value is -2.49. The van der Waals surface area contributed by atoms with Crippen LogP contribution in [0.3, 0.4) is 0 Å². The van der Waals surface area contributed by atoms with E-state index in [4.69, 9.17) is 9.47 Å². The molecule has 0 saturated carbocycles. The second-order valence-electron chi connectivity index (χ2n) is 6.29. The summed E-state index contributed by atoms with van der Waals surface area (Å²) in [5.74, 6) is 1.30. The third-order valence-electron chi connectivity index (χ3n) is 4.02. The molecule has 0 bridgehead atoms. The van der Waals surface area contributed by atoms with Crippen LogP contribution in [0, 0.1) is 0 Å². The van der Waals surface area contributed by atoms with Crippen molar-refractivity contribution in [2.75, 3.05) is 18.5 Å². The number of para-hydroxylation sites is 1. The average Bonchev–Trinajstić information content (AvgIpc) is 2.67. The van der Waals surface area contributed by atoms with E-state index in [9.17, 15) is 4.79 Å². The highest BCUT2D eigenvalue weighted by atomic mass is 16.5. The number of benzene rings is 2. The number of nitrogens with one attached hydrogen (secondary N) is 1. The predicted molar refractivity (Wildman–Crippen MR) is 106 cm³/mol. The molecule has 0 fully saturated rings. The van der Waals surface area contributed by atoms with E-state index in [1.165, 1.54) is 32.1 Å². The van der Waals surface area contributed by atoms with Gasteiger partial charge in [0.1, 0.15) is 11.5 Å². The lowest BCUT2D eigenvalue weighted by atomic mass is 10.1. The van der Waals surface area contributed by atoms with E-state index < -0.39 is 0 Å². The van der Waals surface area contributed by atoms with Crippen LogP contribution < -0.4 is 14.8 Å². The minimum atomic E-state index is -0.181. The summed E-state index contributed by atoms with van der Waals surface area (Å²) in [4.78, 5) is 11.9. The maximum atomic E-state index is 11.9. The topological polar surface area (TPSA) is 47.6 Å². The highest BCUT2D eigenvalue weighted by Gasteiger charge is 2.04. The minimum Gasteiger partial charge on any atom is -0.494 e. The predicted octanol–water partition coefficient (Wildman–Crippen LogP) is 5.44. The van der Waals surface area contributed by atoms with Crippen LogP contribution in [-0.2, 0) is 4.79 Å². The van der Waals surface area contributed by atoms with Crippen LogP contribution in [0.15, 0.2) is 54.6 Å². The van der Waals surface area contributed by atoms with Gasteiger partial charge in [-0.2, -0.15) is 0 Å². The molecule has 0 saturated heterocycles. The summed E-state index contributed by atoms with van der Waals surface area (Å²) in [6, 6.07) is 16.7. The molecule has 2 aromatic carbocycles. The first kappa shape index (κ1) is 19.8. The smallest absolute Gasteiger partial charge is 0.262 e. The number of carbonyl (C=O) groups is 1. The van der Waals surface area contributed by atoms with Crippen LogP contribution in [-0.4, -0.2) is 19.1 Å². The first-order valence-corrected chi connectivity index (χ1v) is 9.48. The van der Waals surface area contributed by atoms with E-state index in [-0.39, 0.29) is 12.5 Å². The van der Waals surface area contributed by atoms with E-state index >= 15 is 0 Å². The number of amides is 1. The maximum absolute atomic E-state index is 11.9. The number of ether oxygens (including phenoxy) is 2. The Balaban J connectivity index is 1.62. The Labute approximate surface area is 156 Å². The van der Waals surface area contributed by atoms with Gasteiger partial charge in [0.15, 0.2) is 6.61 Å². The quantitative estimate of drug-likeness (QED) is 0.515. The fraction of sp³-hybridized carbons (Fsp3) is 0.409. The molecule has 0 aliphatic carbocycles. The summed E-state index contributed by atoms with van der Waals surface area (Å²) >= 11 is 0. The summed E-state index contributed by atoms with van der Waals surface area (Å²) in [7, 11) is 0. The zero-order valence-electron chi connectivity index (χ0n) is 15.6. The van der Waals surface area contributed by atoms with Gasteiger partial charge in [-0.1, -0.05) is 57.2 Å². The van der Waals surface area contributed by atoms with E-state index in [2.05, 4.69) is 12.2 Å². The number of carbonyl (C=O) groups excluding carboxylic acids is 1. The second-order valence-corrected chi connectivity index (χ2v) is 6.29. The SMILES string of the molecule is CCCCCCCCOc1ccc(OCC(=O)Nc2ccccc2)cc1. The fourth-order valence-electron chi connectivity index (χ4n) is 2.57. The molecule has 140 valence electrons. The summed E-state index contributed by atoms with van der Waals surface area (Å²) < 4.78 is 11.2. The highest BCUT2D eigenvalue weighted by molar-refractivity contribution is 5.91. The molecule has 26 heavy (non-hydrogen) atoms. The Kier molecular flexibility index (Phi) is 9.12. The molecular weight excluding hydrogens is 326 g/mol. The van der Waals surface area contributed by atoms with Crippen molar-refractivity contribution in [3.63, 3.8) is 0 Å². The summed E-state index contributed by atoms with van der Waals surface area (Å²) in [6.07, 6.45) is 7.51. The number of unbranched alkanes of at least 4 members (excludes halogenated alkanes) is 5. The van der Waals surface area contributed by atoms with Gasteiger partial charge < -0.3 is 14.8 Å². The monoisotopic (exact) mass is 355 g/mol. The van der Waals surface area contributed by atoms with Gasteiger partial charge in [0, 0.05) is 5.69 Å². The molecule has 1 N–H and O–H groups in total. The van der Waals surface area contributed by atoms with Crippen LogP contribution in [0.2, 0.25) is 0 Å². The number of hydrogen-bond acceptors (Lipinski definition) is 3. The zero-order valence-corrected chi connectivity index (χ0v) is 15.6. The molecule has 2 rings (SSSR count). The van der Waals surface area contributed by atoms with Crippen molar-refractivity contribution >= 4 is 11.6 Å². The third kappa shape index (κ3) is 8.06. The van der Waals surface area contributed by atoms with Gasteiger partial charge in [-0.15, -0.1) is 0 Å². The first-order chi connectivity index (χ1) is 12.8. The lowest BCUT2D eigenvalue weighted by molar-refractivity contribution is -0.118. The van der Waals surface area contributed by atoms with Crippen molar-refractivity contribution in [3.05, 3.63) is 54.6 Å². The maximum Gasteiger partial charge on any atom is 0.262 e. The zero-order chi connectivity index (χ0) is 18.5. The lowest BCUT2D eigenvalue weighted by Crippen LogP contribution is -2.20. The van der Waals surface area contributed by atoms with Crippen LogP contribution >= 0.6 is 0 Å². The van der Waals surface area contributed by atoms with E-state index in [1.54, 1.807) is 0 Å². The van der Waals surface area contributed by atoms with Crippen LogP contribution in [0.1, 0.15) is 45.4 Å². The van der Waals surface area contributed by atoms with Gasteiger partial charge in [-0.3, -0.25) is 4.79 Å². The van der Waals surface area contributed by atoms with E-state index in [1.807, 2.05) is 54.6 Å². The molecular formula is C22H29NO3. The molecule has 0 aliphatic heterocycles. The molecule has 0 spiro atoms. The molecule has 0 unspecified atom stereocenters. The van der Waals surface area contributed by atoms with Gasteiger partial charge in [-0.05, 0) is 42.8 Å².